The first kappa shape index (κ1) is 10.3. The summed E-state index contributed by atoms with van der Waals surface area (Å²) in [4.78, 5) is 14.2. The minimum Gasteiger partial charge on any atom is -0.366 e. The van der Waals surface area contributed by atoms with Crippen molar-refractivity contribution in [1.82, 2.24) is 14.6 Å². The molecule has 3 aromatic rings. The number of aromatic nitrogens is 3. The van der Waals surface area contributed by atoms with Crippen molar-refractivity contribution in [2.75, 3.05) is 0 Å². The van der Waals surface area contributed by atoms with Crippen LogP contribution in [-0.4, -0.2) is 20.5 Å². The van der Waals surface area contributed by atoms with Crippen LogP contribution in [0.15, 0.2) is 18.3 Å². The minimum atomic E-state index is -0.755. The lowest BCUT2D eigenvalue weighted by molar-refractivity contribution is 0.100. The van der Waals surface area contributed by atoms with Gasteiger partial charge in [0.2, 0.25) is 0 Å². The van der Waals surface area contributed by atoms with E-state index in [0.717, 1.165) is 6.07 Å². The Morgan fingerprint density at radius 2 is 2.33 bits per heavy atom. The zero-order valence-electron chi connectivity index (χ0n) is 8.94. The molecule has 2 aromatic heterocycles. The number of nitrogens with two attached hydrogens (primary N) is 1. The number of nitrogens with one attached hydrogen (secondary N) is 1. The van der Waals surface area contributed by atoms with Gasteiger partial charge in [0, 0.05) is 0 Å². The Morgan fingerprint density at radius 1 is 1.56 bits per heavy atom. The van der Waals surface area contributed by atoms with Gasteiger partial charge in [-0.05, 0) is 12.1 Å². The highest BCUT2D eigenvalue weighted by Gasteiger charge is 2.17. The fourth-order valence-corrected chi connectivity index (χ4v) is 1.96. The normalized spacial score (nSPS) is 10.9. The first-order valence-corrected chi connectivity index (χ1v) is 5.00. The van der Waals surface area contributed by atoms with E-state index in [4.69, 9.17) is 11.0 Å². The Kier molecular flexibility index (Phi) is 1.89. The molecule has 1 amide bonds. The molecule has 0 bridgehead atoms. The average Bonchev–Trinajstić information content (AvgIpc) is 2.85. The van der Waals surface area contributed by atoms with Crippen molar-refractivity contribution in [1.29, 1.82) is 5.26 Å². The van der Waals surface area contributed by atoms with Crippen LogP contribution in [0.4, 0.5) is 4.39 Å². The van der Waals surface area contributed by atoms with Crippen molar-refractivity contribution < 1.29 is 9.18 Å². The van der Waals surface area contributed by atoms with Crippen LogP contribution in [0, 0.1) is 17.1 Å². The second-order valence-electron chi connectivity index (χ2n) is 3.77. The number of benzene rings is 1. The number of rotatable bonds is 1. The molecule has 18 heavy (non-hydrogen) atoms. The molecule has 0 fully saturated rings. The maximum absolute atomic E-state index is 13.4. The van der Waals surface area contributed by atoms with E-state index in [0.29, 0.717) is 22.2 Å². The Hall–Kier alpha value is -2.88. The van der Waals surface area contributed by atoms with Crippen molar-refractivity contribution in [2.45, 2.75) is 0 Å². The largest absolute Gasteiger partial charge is 0.366 e. The highest BCUT2D eigenvalue weighted by molar-refractivity contribution is 6.05. The number of primary amides is 1. The number of halogens is 1. The maximum atomic E-state index is 13.4. The molecule has 3 rings (SSSR count). The standard InChI is InChI=1S/C11H6FN5O/c12-6-1-7(10(14)18)9-8(2-6)16-11-5(3-13)4-15-17(9)11/h1-2,4,16H,(H2,14,18). The zero-order chi connectivity index (χ0) is 12.9. The molecule has 0 aliphatic heterocycles. The number of aromatic amines is 1. The minimum absolute atomic E-state index is 0.0174. The molecular weight excluding hydrogens is 237 g/mol. The molecule has 0 saturated heterocycles. The van der Waals surface area contributed by atoms with Crippen LogP contribution < -0.4 is 5.73 Å². The Morgan fingerprint density at radius 3 is 3.00 bits per heavy atom. The van der Waals surface area contributed by atoms with E-state index >= 15 is 0 Å². The lowest BCUT2D eigenvalue weighted by Gasteiger charge is -1.98. The number of hydrogen-bond donors (Lipinski definition) is 2. The average molecular weight is 243 g/mol. The number of hydrogen-bond acceptors (Lipinski definition) is 3. The summed E-state index contributed by atoms with van der Waals surface area (Å²) in [6.45, 7) is 0. The first-order valence-electron chi connectivity index (χ1n) is 5.00. The van der Waals surface area contributed by atoms with Crippen LogP contribution >= 0.6 is 0 Å². The summed E-state index contributed by atoms with van der Waals surface area (Å²) in [5.41, 5.74) is 6.67. The van der Waals surface area contributed by atoms with E-state index in [2.05, 4.69) is 10.1 Å². The van der Waals surface area contributed by atoms with Crippen molar-refractivity contribution in [3.05, 3.63) is 35.3 Å². The van der Waals surface area contributed by atoms with E-state index in [9.17, 15) is 9.18 Å². The van der Waals surface area contributed by atoms with Crippen LogP contribution in [0.1, 0.15) is 15.9 Å². The molecular formula is C11H6FN5O. The van der Waals surface area contributed by atoms with Gasteiger partial charge in [0.05, 0.1) is 17.3 Å². The Balaban J connectivity index is 2.56. The maximum Gasteiger partial charge on any atom is 0.251 e. The topological polar surface area (TPSA) is 100.0 Å². The zero-order valence-corrected chi connectivity index (χ0v) is 8.94. The lowest BCUT2D eigenvalue weighted by atomic mass is 10.1. The van der Waals surface area contributed by atoms with Crippen LogP contribution in [-0.2, 0) is 0 Å². The van der Waals surface area contributed by atoms with Crippen LogP contribution in [0.25, 0.3) is 16.7 Å². The number of H-pyrrole nitrogens is 1. The van der Waals surface area contributed by atoms with Gasteiger partial charge in [-0.3, -0.25) is 4.79 Å². The predicted octanol–water partition coefficient (Wildman–Crippen LogP) is 0.925. The number of fused-ring (bicyclic) bond motifs is 3. The summed E-state index contributed by atoms with van der Waals surface area (Å²) in [5, 5.41) is 12.9. The Bertz CT molecular complexity index is 838. The quantitative estimate of drug-likeness (QED) is 0.664. The molecule has 7 heteroatoms. The molecule has 0 saturated carbocycles. The third kappa shape index (κ3) is 1.20. The number of amides is 1. The smallest absolute Gasteiger partial charge is 0.251 e. The Labute approximate surface area is 99.4 Å². The number of nitrogens with zero attached hydrogens (tertiary/aromatic N) is 3. The fourth-order valence-electron chi connectivity index (χ4n) is 1.96. The van der Waals surface area contributed by atoms with E-state index in [1.54, 1.807) is 0 Å². The van der Waals surface area contributed by atoms with Gasteiger partial charge in [-0.15, -0.1) is 0 Å². The van der Waals surface area contributed by atoms with Crippen molar-refractivity contribution in [3.63, 3.8) is 0 Å². The molecule has 0 aliphatic rings. The second kappa shape index (κ2) is 3.30. The van der Waals surface area contributed by atoms with E-state index in [-0.39, 0.29) is 5.56 Å². The lowest BCUT2D eigenvalue weighted by Crippen LogP contribution is -2.12. The summed E-state index contributed by atoms with van der Waals surface area (Å²) in [6, 6.07) is 4.22. The molecule has 0 spiro atoms. The van der Waals surface area contributed by atoms with Gasteiger partial charge < -0.3 is 10.7 Å². The highest BCUT2D eigenvalue weighted by atomic mass is 19.1. The molecule has 0 atom stereocenters. The highest BCUT2D eigenvalue weighted by Crippen LogP contribution is 2.23. The predicted molar refractivity (Wildman–Crippen MR) is 60.2 cm³/mol. The van der Waals surface area contributed by atoms with Gasteiger partial charge in [-0.1, -0.05) is 0 Å². The van der Waals surface area contributed by atoms with Gasteiger partial charge in [0.1, 0.15) is 23.0 Å². The summed E-state index contributed by atoms with van der Waals surface area (Å²) >= 11 is 0. The molecule has 0 unspecified atom stereocenters. The number of imidazole rings is 1. The fraction of sp³-hybridized carbons (Fsp3) is 0. The summed E-state index contributed by atoms with van der Waals surface area (Å²) in [7, 11) is 0. The van der Waals surface area contributed by atoms with Crippen molar-refractivity contribution in [2.24, 2.45) is 5.73 Å². The van der Waals surface area contributed by atoms with Crippen LogP contribution in [0.3, 0.4) is 0 Å². The SMILES string of the molecule is N#Cc1cnn2c1[nH]c1cc(F)cc(C(N)=O)c12. The molecule has 0 radical (unpaired) electrons. The second-order valence-corrected chi connectivity index (χ2v) is 3.77. The van der Waals surface area contributed by atoms with Crippen molar-refractivity contribution in [3.8, 4) is 6.07 Å². The van der Waals surface area contributed by atoms with Crippen LogP contribution in [0.5, 0.6) is 0 Å². The summed E-state index contributed by atoms with van der Waals surface area (Å²) < 4.78 is 14.7. The van der Waals surface area contributed by atoms with Gasteiger partial charge in [-0.2, -0.15) is 10.4 Å². The van der Waals surface area contributed by atoms with Gasteiger partial charge in [-0.25, -0.2) is 8.91 Å². The van der Waals surface area contributed by atoms with Gasteiger partial charge in [0.25, 0.3) is 5.91 Å². The summed E-state index contributed by atoms with van der Waals surface area (Å²) in [6.07, 6.45) is 1.36. The summed E-state index contributed by atoms with van der Waals surface area (Å²) in [5.74, 6) is -1.34. The van der Waals surface area contributed by atoms with E-state index in [1.807, 2.05) is 6.07 Å². The number of carbonyl (C=O) groups is 1. The molecule has 88 valence electrons. The monoisotopic (exact) mass is 243 g/mol. The van der Waals surface area contributed by atoms with Crippen LogP contribution in [0.2, 0.25) is 0 Å². The number of nitriles is 1. The van der Waals surface area contributed by atoms with Gasteiger partial charge in [0.15, 0.2) is 5.65 Å². The third-order valence-corrected chi connectivity index (χ3v) is 2.69. The first-order chi connectivity index (χ1) is 8.61. The number of carbonyl (C=O) groups excluding carboxylic acids is 1. The molecule has 6 nitrogen and oxygen atoms in total. The van der Waals surface area contributed by atoms with E-state index in [1.165, 1.54) is 16.8 Å². The van der Waals surface area contributed by atoms with Gasteiger partial charge >= 0.3 is 0 Å². The van der Waals surface area contributed by atoms with E-state index < -0.39 is 11.7 Å². The molecule has 1 aromatic carbocycles. The van der Waals surface area contributed by atoms with Crippen molar-refractivity contribution >= 4 is 22.6 Å². The molecule has 2 heterocycles. The third-order valence-electron chi connectivity index (χ3n) is 2.69. The molecule has 3 N–H and O–H groups in total. The molecule has 0 aliphatic carbocycles.